The molecule has 0 fully saturated rings. The van der Waals surface area contributed by atoms with Crippen LogP contribution in [0.4, 0.5) is 19.0 Å². The summed E-state index contributed by atoms with van der Waals surface area (Å²) < 4.78 is 35.3. The highest BCUT2D eigenvalue weighted by molar-refractivity contribution is 8.00. The van der Waals surface area contributed by atoms with Crippen LogP contribution in [0, 0.1) is 0 Å². The Labute approximate surface area is 99.8 Å². The molecule has 1 aromatic rings. The number of rotatable bonds is 4. The number of aromatic nitrogens is 1. The van der Waals surface area contributed by atoms with Crippen molar-refractivity contribution in [1.29, 1.82) is 0 Å². The molecule has 0 saturated carbocycles. The van der Waals surface area contributed by atoms with E-state index in [0.717, 1.165) is 11.8 Å². The number of nitrogens with zero attached hydrogens (tertiary/aromatic N) is 1. The van der Waals surface area contributed by atoms with Crippen LogP contribution >= 0.6 is 11.8 Å². The summed E-state index contributed by atoms with van der Waals surface area (Å²) in [7, 11) is 0. The first kappa shape index (κ1) is 13.6. The van der Waals surface area contributed by atoms with Crippen LogP contribution in [0.15, 0.2) is 23.2 Å². The molecule has 0 spiro atoms. The van der Waals surface area contributed by atoms with E-state index in [4.69, 9.17) is 5.73 Å². The molecule has 1 rings (SSSR count). The number of alkyl halides is 3. The first-order valence-corrected chi connectivity index (χ1v) is 5.53. The monoisotopic (exact) mass is 265 g/mol. The molecule has 0 aliphatic carbocycles. The molecule has 4 nitrogen and oxygen atoms in total. The predicted molar refractivity (Wildman–Crippen MR) is 58.4 cm³/mol. The molecular weight excluding hydrogens is 255 g/mol. The minimum absolute atomic E-state index is 0.0956. The molecule has 17 heavy (non-hydrogen) atoms. The summed E-state index contributed by atoms with van der Waals surface area (Å²) in [6.07, 6.45) is -2.93. The zero-order chi connectivity index (χ0) is 12.9. The maximum absolute atomic E-state index is 11.8. The number of hydrogen-bond acceptors (Lipinski definition) is 4. The normalized spacial score (nSPS) is 11.2. The Hall–Kier alpha value is -1.44. The van der Waals surface area contributed by atoms with Gasteiger partial charge in [-0.3, -0.25) is 4.79 Å². The summed E-state index contributed by atoms with van der Waals surface area (Å²) in [6, 6.07) is 3.19. The molecule has 0 saturated heterocycles. The number of nitrogen functional groups attached to an aromatic ring is 1. The van der Waals surface area contributed by atoms with Gasteiger partial charge in [-0.25, -0.2) is 4.98 Å². The summed E-state index contributed by atoms with van der Waals surface area (Å²) in [5.74, 6) is -0.429. The number of anilines is 1. The van der Waals surface area contributed by atoms with Gasteiger partial charge in [0.05, 0.1) is 5.75 Å². The number of pyridine rings is 1. The summed E-state index contributed by atoms with van der Waals surface area (Å²) in [5.41, 5.74) is 5.35. The number of nitrogens with one attached hydrogen (secondary N) is 1. The molecule has 94 valence electrons. The Kier molecular flexibility index (Phi) is 4.62. The molecule has 0 unspecified atom stereocenters. The van der Waals surface area contributed by atoms with Crippen molar-refractivity contribution < 1.29 is 18.0 Å². The van der Waals surface area contributed by atoms with Gasteiger partial charge in [0.25, 0.3) is 0 Å². The van der Waals surface area contributed by atoms with Crippen LogP contribution in [0.3, 0.4) is 0 Å². The van der Waals surface area contributed by atoms with Gasteiger partial charge in [-0.05, 0) is 12.1 Å². The average Bonchev–Trinajstić information content (AvgIpc) is 2.25. The van der Waals surface area contributed by atoms with Crippen LogP contribution in [0.5, 0.6) is 0 Å². The van der Waals surface area contributed by atoms with Gasteiger partial charge in [-0.15, -0.1) is 11.8 Å². The lowest BCUT2D eigenvalue weighted by Gasteiger charge is -2.07. The van der Waals surface area contributed by atoms with Crippen molar-refractivity contribution in [2.75, 3.05) is 18.0 Å². The van der Waals surface area contributed by atoms with E-state index >= 15 is 0 Å². The third-order valence-corrected chi connectivity index (χ3v) is 2.60. The molecule has 3 N–H and O–H groups in total. The minimum Gasteiger partial charge on any atom is -0.384 e. The van der Waals surface area contributed by atoms with Crippen molar-refractivity contribution in [2.45, 2.75) is 11.1 Å². The number of hydrogen-bond donors (Lipinski definition) is 2. The van der Waals surface area contributed by atoms with Crippen molar-refractivity contribution >= 4 is 23.5 Å². The Morgan fingerprint density at radius 2 is 2.18 bits per heavy atom. The number of nitrogens with two attached hydrogens (primary N) is 1. The predicted octanol–water partition coefficient (Wildman–Crippen LogP) is 1.43. The smallest absolute Gasteiger partial charge is 0.384 e. The molecule has 0 aromatic carbocycles. The SMILES string of the molecule is Nc1ccc(SCC(=O)NCC(F)(F)F)cn1. The molecule has 0 radical (unpaired) electrons. The van der Waals surface area contributed by atoms with Gasteiger partial charge in [0.15, 0.2) is 0 Å². The Bertz CT molecular complexity index is 380. The van der Waals surface area contributed by atoms with Crippen LogP contribution in [0.2, 0.25) is 0 Å². The van der Waals surface area contributed by atoms with E-state index in [2.05, 4.69) is 4.98 Å². The van der Waals surface area contributed by atoms with Gasteiger partial charge in [0.2, 0.25) is 5.91 Å². The fraction of sp³-hybridized carbons (Fsp3) is 0.333. The number of amides is 1. The lowest BCUT2D eigenvalue weighted by atomic mass is 10.5. The van der Waals surface area contributed by atoms with Gasteiger partial charge in [-0.2, -0.15) is 13.2 Å². The van der Waals surface area contributed by atoms with E-state index in [1.165, 1.54) is 6.20 Å². The van der Waals surface area contributed by atoms with Crippen LogP contribution in [0.1, 0.15) is 0 Å². The lowest BCUT2D eigenvalue weighted by Crippen LogP contribution is -2.34. The molecule has 1 heterocycles. The largest absolute Gasteiger partial charge is 0.405 e. The topological polar surface area (TPSA) is 68.0 Å². The van der Waals surface area contributed by atoms with Crippen molar-refractivity contribution in [1.82, 2.24) is 10.3 Å². The Morgan fingerprint density at radius 3 is 2.71 bits per heavy atom. The molecule has 0 aliphatic rings. The average molecular weight is 265 g/mol. The Morgan fingerprint density at radius 1 is 1.47 bits per heavy atom. The van der Waals surface area contributed by atoms with E-state index in [-0.39, 0.29) is 5.75 Å². The fourth-order valence-electron chi connectivity index (χ4n) is 0.876. The van der Waals surface area contributed by atoms with Crippen molar-refractivity contribution in [2.24, 2.45) is 0 Å². The molecule has 0 aliphatic heterocycles. The van der Waals surface area contributed by atoms with Crippen molar-refractivity contribution in [3.63, 3.8) is 0 Å². The van der Waals surface area contributed by atoms with Crippen LogP contribution in [0.25, 0.3) is 0 Å². The zero-order valence-corrected chi connectivity index (χ0v) is 9.44. The molecule has 0 bridgehead atoms. The molecule has 1 aromatic heterocycles. The van der Waals surface area contributed by atoms with E-state index < -0.39 is 18.6 Å². The summed E-state index contributed by atoms with van der Waals surface area (Å²) in [5, 5.41) is 1.77. The number of carbonyl (C=O) groups is 1. The summed E-state index contributed by atoms with van der Waals surface area (Å²) >= 11 is 1.09. The maximum atomic E-state index is 11.8. The standard InChI is InChI=1S/C9H10F3N3OS/c10-9(11,12)5-15-8(16)4-17-6-1-2-7(13)14-3-6/h1-3H,4-5H2,(H2,13,14)(H,15,16). The molecule has 1 amide bonds. The molecule has 0 atom stereocenters. The highest BCUT2D eigenvalue weighted by atomic mass is 32.2. The summed E-state index contributed by atoms with van der Waals surface area (Å²) in [6.45, 7) is -1.31. The maximum Gasteiger partial charge on any atom is 0.405 e. The second-order valence-corrected chi connectivity index (χ2v) is 4.15. The third-order valence-electron chi connectivity index (χ3n) is 1.62. The van der Waals surface area contributed by atoms with E-state index in [0.29, 0.717) is 10.7 Å². The van der Waals surface area contributed by atoms with Gasteiger partial charge < -0.3 is 11.1 Å². The van der Waals surface area contributed by atoms with Crippen LogP contribution in [-0.4, -0.2) is 29.4 Å². The first-order valence-electron chi connectivity index (χ1n) is 4.54. The highest BCUT2D eigenvalue weighted by Gasteiger charge is 2.27. The van der Waals surface area contributed by atoms with Crippen LogP contribution in [-0.2, 0) is 4.79 Å². The quantitative estimate of drug-likeness (QED) is 0.808. The first-order chi connectivity index (χ1) is 7.87. The number of thioether (sulfide) groups is 1. The summed E-state index contributed by atoms with van der Waals surface area (Å²) in [4.78, 5) is 15.5. The lowest BCUT2D eigenvalue weighted by molar-refractivity contribution is -0.136. The van der Waals surface area contributed by atoms with Gasteiger partial charge in [0.1, 0.15) is 12.4 Å². The van der Waals surface area contributed by atoms with Crippen molar-refractivity contribution in [3.05, 3.63) is 18.3 Å². The van der Waals surface area contributed by atoms with E-state index in [9.17, 15) is 18.0 Å². The minimum atomic E-state index is -4.39. The third kappa shape index (κ3) is 6.00. The second-order valence-electron chi connectivity index (χ2n) is 3.10. The zero-order valence-electron chi connectivity index (χ0n) is 8.62. The van der Waals surface area contributed by atoms with Gasteiger partial charge >= 0.3 is 6.18 Å². The number of carbonyl (C=O) groups excluding carboxylic acids is 1. The van der Waals surface area contributed by atoms with Crippen LogP contribution < -0.4 is 11.1 Å². The van der Waals surface area contributed by atoms with Crippen molar-refractivity contribution in [3.8, 4) is 0 Å². The highest BCUT2D eigenvalue weighted by Crippen LogP contribution is 2.17. The van der Waals surface area contributed by atoms with E-state index in [1.807, 2.05) is 0 Å². The fourth-order valence-corrected chi connectivity index (χ4v) is 1.57. The number of halogens is 3. The Balaban J connectivity index is 2.31. The van der Waals surface area contributed by atoms with E-state index in [1.54, 1.807) is 17.4 Å². The molecular formula is C9H10F3N3OS. The molecule has 8 heteroatoms. The van der Waals surface area contributed by atoms with Gasteiger partial charge in [0, 0.05) is 11.1 Å². The van der Waals surface area contributed by atoms with Gasteiger partial charge in [-0.1, -0.05) is 0 Å². The second kappa shape index (κ2) is 5.76.